The number of allylic oxidation sites excluding steroid dienone is 20. The molecular formula is C57H92O5. The summed E-state index contributed by atoms with van der Waals surface area (Å²) in [5.74, 6) is -0.471. The van der Waals surface area contributed by atoms with E-state index in [0.29, 0.717) is 19.4 Å². The molecule has 0 aliphatic rings. The van der Waals surface area contributed by atoms with Crippen LogP contribution < -0.4 is 0 Å². The summed E-state index contributed by atoms with van der Waals surface area (Å²) in [6, 6.07) is 0. The molecule has 1 atom stereocenters. The van der Waals surface area contributed by atoms with Crippen molar-refractivity contribution in [2.24, 2.45) is 0 Å². The van der Waals surface area contributed by atoms with Gasteiger partial charge in [0.2, 0.25) is 0 Å². The Bertz CT molecular complexity index is 1290. The van der Waals surface area contributed by atoms with Gasteiger partial charge in [-0.15, -0.1) is 0 Å². The van der Waals surface area contributed by atoms with Crippen LogP contribution in [0.2, 0.25) is 0 Å². The van der Waals surface area contributed by atoms with Gasteiger partial charge in [-0.2, -0.15) is 0 Å². The number of unbranched alkanes of at least 4 members (excludes halogenated alkanes) is 13. The number of carbonyl (C=O) groups excluding carboxylic acids is 2. The molecule has 0 aromatic rings. The van der Waals surface area contributed by atoms with E-state index in [0.717, 1.165) is 135 Å². The SMILES string of the molecule is CC/C=C\C/C=C\C/C=C\C/C=C\CCCCCCCOCC(COC(=O)CCCCCCC/C=C\C/C=C\C/C=C\CC)OC(=O)CCCCC/C=C\C/C=C\C/C=C\CC. The average molecular weight is 857 g/mol. The Morgan fingerprint density at radius 3 is 1.10 bits per heavy atom. The minimum absolute atomic E-state index is 0.0486. The lowest BCUT2D eigenvalue weighted by atomic mass is 10.1. The molecule has 350 valence electrons. The number of hydrogen-bond acceptors (Lipinski definition) is 5. The summed E-state index contributed by atoms with van der Waals surface area (Å²) >= 11 is 0. The average Bonchev–Trinajstić information content (AvgIpc) is 3.27. The summed E-state index contributed by atoms with van der Waals surface area (Å²) in [4.78, 5) is 25.4. The van der Waals surface area contributed by atoms with Crippen molar-refractivity contribution in [1.29, 1.82) is 0 Å². The molecule has 5 nitrogen and oxygen atoms in total. The van der Waals surface area contributed by atoms with Crippen molar-refractivity contribution in [2.45, 2.75) is 207 Å². The molecule has 0 N–H and O–H groups in total. The zero-order valence-corrected chi connectivity index (χ0v) is 40.1. The molecule has 0 fully saturated rings. The molecule has 0 saturated heterocycles. The minimum atomic E-state index is -0.576. The van der Waals surface area contributed by atoms with Crippen LogP contribution in [0, 0.1) is 0 Å². The predicted molar refractivity (Wildman–Crippen MR) is 269 cm³/mol. The zero-order chi connectivity index (χ0) is 44.9. The molecule has 0 aliphatic carbocycles. The van der Waals surface area contributed by atoms with E-state index in [1.807, 2.05) is 0 Å². The van der Waals surface area contributed by atoms with Crippen molar-refractivity contribution in [3.05, 3.63) is 122 Å². The van der Waals surface area contributed by atoms with Gasteiger partial charge in [0.25, 0.3) is 0 Å². The van der Waals surface area contributed by atoms with Gasteiger partial charge in [0.05, 0.1) is 6.61 Å². The molecule has 0 radical (unpaired) electrons. The van der Waals surface area contributed by atoms with E-state index < -0.39 is 6.10 Å². The Labute approximate surface area is 382 Å². The van der Waals surface area contributed by atoms with Crippen molar-refractivity contribution in [3.8, 4) is 0 Å². The van der Waals surface area contributed by atoms with Gasteiger partial charge in [-0.05, 0) is 122 Å². The van der Waals surface area contributed by atoms with Crippen molar-refractivity contribution in [1.82, 2.24) is 0 Å². The summed E-state index contributed by atoms with van der Waals surface area (Å²) in [7, 11) is 0. The Morgan fingerprint density at radius 2 is 0.677 bits per heavy atom. The third-order valence-corrected chi connectivity index (χ3v) is 9.97. The van der Waals surface area contributed by atoms with E-state index in [1.54, 1.807) is 0 Å². The Morgan fingerprint density at radius 1 is 0.355 bits per heavy atom. The molecular weight excluding hydrogens is 765 g/mol. The molecule has 62 heavy (non-hydrogen) atoms. The summed E-state index contributed by atoms with van der Waals surface area (Å²) in [5.41, 5.74) is 0. The minimum Gasteiger partial charge on any atom is -0.462 e. The van der Waals surface area contributed by atoms with Gasteiger partial charge in [0.15, 0.2) is 6.10 Å². The van der Waals surface area contributed by atoms with Crippen molar-refractivity contribution in [3.63, 3.8) is 0 Å². The summed E-state index contributed by atoms with van der Waals surface area (Å²) in [5, 5.41) is 0. The monoisotopic (exact) mass is 857 g/mol. The fourth-order valence-corrected chi connectivity index (χ4v) is 6.35. The largest absolute Gasteiger partial charge is 0.462 e. The third-order valence-electron chi connectivity index (χ3n) is 9.97. The molecule has 5 heteroatoms. The van der Waals surface area contributed by atoms with Crippen molar-refractivity contribution >= 4 is 11.9 Å². The van der Waals surface area contributed by atoms with E-state index >= 15 is 0 Å². The van der Waals surface area contributed by atoms with E-state index in [1.165, 1.54) is 32.1 Å². The standard InChI is InChI=1S/C57H92O5/c1-4-7-10-13-16-19-22-25-27-28-29-31-34-37-40-43-46-49-52-60-53-55(62-57(59)51-48-45-42-39-36-32-24-21-18-15-12-9-6-3)54-61-56(58)50-47-44-41-38-35-33-30-26-23-20-17-14-11-8-5-2/h7-12,16-21,25-27,29-32,36,55H,4-6,13-15,22-24,28,33-35,37-54H2,1-3H3/b10-7-,11-8-,12-9-,19-16-,20-17-,21-18-,27-25-,30-26-,31-29-,36-32-. The number of ether oxygens (including phenoxy) is 3. The first kappa shape index (κ1) is 58.3. The van der Waals surface area contributed by atoms with Gasteiger partial charge in [-0.25, -0.2) is 0 Å². The second kappa shape index (κ2) is 51.6. The Hall–Kier alpha value is -3.70. The lowest BCUT2D eigenvalue weighted by molar-refractivity contribution is -0.163. The molecule has 0 rings (SSSR count). The smallest absolute Gasteiger partial charge is 0.306 e. The number of rotatable bonds is 44. The molecule has 1 unspecified atom stereocenters. The van der Waals surface area contributed by atoms with Crippen LogP contribution in [-0.4, -0.2) is 37.9 Å². The van der Waals surface area contributed by atoms with E-state index in [-0.39, 0.29) is 25.2 Å². The van der Waals surface area contributed by atoms with Crippen LogP contribution in [-0.2, 0) is 23.8 Å². The lowest BCUT2D eigenvalue weighted by Gasteiger charge is -2.18. The Balaban J connectivity index is 4.39. The number of carbonyl (C=O) groups is 2. The van der Waals surface area contributed by atoms with Gasteiger partial charge in [-0.1, -0.05) is 187 Å². The predicted octanol–water partition coefficient (Wildman–Crippen LogP) is 17.0. The van der Waals surface area contributed by atoms with Gasteiger partial charge in [-0.3, -0.25) is 9.59 Å². The maximum absolute atomic E-state index is 12.8. The molecule has 0 aliphatic heterocycles. The van der Waals surface area contributed by atoms with Crippen molar-refractivity contribution < 1.29 is 23.8 Å². The van der Waals surface area contributed by atoms with E-state index in [4.69, 9.17) is 14.2 Å². The van der Waals surface area contributed by atoms with Crippen LogP contribution in [0.4, 0.5) is 0 Å². The second-order valence-electron chi connectivity index (χ2n) is 15.9. The van der Waals surface area contributed by atoms with Crippen molar-refractivity contribution in [2.75, 3.05) is 19.8 Å². The fourth-order valence-electron chi connectivity index (χ4n) is 6.35. The number of esters is 2. The first-order valence-electron chi connectivity index (χ1n) is 25.1. The molecule has 0 amide bonds. The van der Waals surface area contributed by atoms with Gasteiger partial charge >= 0.3 is 11.9 Å². The molecule has 0 aromatic heterocycles. The Kier molecular flexibility index (Phi) is 48.6. The second-order valence-corrected chi connectivity index (χ2v) is 15.9. The quantitative estimate of drug-likeness (QED) is 0.0347. The molecule has 0 spiro atoms. The first-order valence-corrected chi connectivity index (χ1v) is 25.1. The maximum Gasteiger partial charge on any atom is 0.306 e. The highest BCUT2D eigenvalue weighted by Gasteiger charge is 2.17. The molecule has 0 heterocycles. The first-order chi connectivity index (χ1) is 30.6. The summed E-state index contributed by atoms with van der Waals surface area (Å²) in [6.45, 7) is 7.38. The normalized spacial score (nSPS) is 13.3. The van der Waals surface area contributed by atoms with Gasteiger partial charge in [0.1, 0.15) is 6.61 Å². The fraction of sp³-hybridized carbons (Fsp3) is 0.614. The highest BCUT2D eigenvalue weighted by atomic mass is 16.6. The van der Waals surface area contributed by atoms with Crippen LogP contribution in [0.15, 0.2) is 122 Å². The maximum atomic E-state index is 12.8. The van der Waals surface area contributed by atoms with E-state index in [9.17, 15) is 9.59 Å². The van der Waals surface area contributed by atoms with Crippen LogP contribution in [0.5, 0.6) is 0 Å². The molecule has 0 aromatic carbocycles. The molecule has 0 bridgehead atoms. The van der Waals surface area contributed by atoms with Gasteiger partial charge in [0, 0.05) is 19.4 Å². The van der Waals surface area contributed by atoms with Crippen LogP contribution >= 0.6 is 0 Å². The van der Waals surface area contributed by atoms with Crippen LogP contribution in [0.3, 0.4) is 0 Å². The highest BCUT2D eigenvalue weighted by Crippen LogP contribution is 2.12. The van der Waals surface area contributed by atoms with Gasteiger partial charge < -0.3 is 14.2 Å². The summed E-state index contributed by atoms with van der Waals surface area (Å²) in [6.07, 6.45) is 72.1. The lowest BCUT2D eigenvalue weighted by Crippen LogP contribution is -2.30. The number of hydrogen-bond donors (Lipinski definition) is 0. The topological polar surface area (TPSA) is 61.8 Å². The summed E-state index contributed by atoms with van der Waals surface area (Å²) < 4.78 is 17.3. The van der Waals surface area contributed by atoms with E-state index in [2.05, 4.69) is 142 Å². The van der Waals surface area contributed by atoms with Crippen LogP contribution in [0.1, 0.15) is 201 Å². The zero-order valence-electron chi connectivity index (χ0n) is 40.1. The third kappa shape index (κ3) is 49.0. The highest BCUT2D eigenvalue weighted by molar-refractivity contribution is 5.70. The molecule has 0 saturated carbocycles. The van der Waals surface area contributed by atoms with Crippen LogP contribution in [0.25, 0.3) is 0 Å².